The van der Waals surface area contributed by atoms with Crippen molar-refractivity contribution in [2.24, 2.45) is 10.9 Å². The van der Waals surface area contributed by atoms with Crippen molar-refractivity contribution in [3.63, 3.8) is 0 Å². The zero-order valence-corrected chi connectivity index (χ0v) is 20.8. The van der Waals surface area contributed by atoms with Gasteiger partial charge in [0.15, 0.2) is 4.80 Å². The van der Waals surface area contributed by atoms with Crippen molar-refractivity contribution in [2.75, 3.05) is 20.2 Å². The van der Waals surface area contributed by atoms with Gasteiger partial charge in [0, 0.05) is 19.6 Å². The van der Waals surface area contributed by atoms with E-state index in [2.05, 4.69) is 28.6 Å². The number of para-hydroxylation sites is 1. The van der Waals surface area contributed by atoms with Crippen LogP contribution in [0.2, 0.25) is 0 Å². The molecular formula is C24H29N3O4S2. The van der Waals surface area contributed by atoms with Crippen LogP contribution in [-0.4, -0.2) is 43.4 Å². The molecular weight excluding hydrogens is 458 g/mol. The van der Waals surface area contributed by atoms with Crippen molar-refractivity contribution < 1.29 is 17.9 Å². The van der Waals surface area contributed by atoms with Gasteiger partial charge in [0.1, 0.15) is 5.75 Å². The lowest BCUT2D eigenvalue weighted by atomic mass is 9.99. The number of hydrogen-bond donors (Lipinski definition) is 0. The predicted molar refractivity (Wildman–Crippen MR) is 130 cm³/mol. The van der Waals surface area contributed by atoms with Gasteiger partial charge < -0.3 is 9.30 Å². The third-order valence-electron chi connectivity index (χ3n) is 6.12. The molecule has 2 aromatic carbocycles. The number of ether oxygens (including phenoxy) is 1. The molecule has 0 N–H and O–H groups in total. The Morgan fingerprint density at radius 3 is 2.61 bits per heavy atom. The van der Waals surface area contributed by atoms with Gasteiger partial charge in [-0.25, -0.2) is 8.42 Å². The van der Waals surface area contributed by atoms with E-state index < -0.39 is 15.9 Å². The van der Waals surface area contributed by atoms with Crippen molar-refractivity contribution in [3.05, 3.63) is 52.8 Å². The van der Waals surface area contributed by atoms with Crippen LogP contribution in [0.25, 0.3) is 10.2 Å². The third-order valence-corrected chi connectivity index (χ3v) is 9.04. The number of hydrogen-bond acceptors (Lipinski definition) is 5. The molecule has 0 bridgehead atoms. The topological polar surface area (TPSA) is 81.0 Å². The number of amides is 1. The molecule has 1 unspecified atom stereocenters. The SMILES string of the molecule is CCc1cccc2sc(=NC(=O)C3CCCN(S(=O)(=O)c4ccc(OC)cc4)C3)n(CC)c12. The maximum absolute atomic E-state index is 13.1. The Hall–Kier alpha value is -2.49. The lowest BCUT2D eigenvalue weighted by Crippen LogP contribution is -2.42. The second kappa shape index (κ2) is 9.79. The maximum Gasteiger partial charge on any atom is 0.252 e. The molecule has 0 spiro atoms. The number of sulfonamides is 1. The van der Waals surface area contributed by atoms with E-state index in [1.54, 1.807) is 12.1 Å². The molecule has 1 aliphatic rings. The second-order valence-electron chi connectivity index (χ2n) is 8.07. The first-order valence-electron chi connectivity index (χ1n) is 11.2. The second-order valence-corrected chi connectivity index (χ2v) is 11.0. The van der Waals surface area contributed by atoms with Gasteiger partial charge in [0.25, 0.3) is 5.91 Å². The minimum atomic E-state index is -3.69. The van der Waals surface area contributed by atoms with Gasteiger partial charge >= 0.3 is 0 Å². The van der Waals surface area contributed by atoms with Crippen LogP contribution in [-0.2, 0) is 27.8 Å². The van der Waals surface area contributed by atoms with Crippen LogP contribution in [0.3, 0.4) is 0 Å². The summed E-state index contributed by atoms with van der Waals surface area (Å²) >= 11 is 1.51. The average Bonchev–Trinajstić information content (AvgIpc) is 3.21. The average molecular weight is 488 g/mol. The lowest BCUT2D eigenvalue weighted by molar-refractivity contribution is -0.122. The molecule has 1 saturated heterocycles. The van der Waals surface area contributed by atoms with E-state index >= 15 is 0 Å². The van der Waals surface area contributed by atoms with E-state index in [0.717, 1.165) is 16.6 Å². The normalized spacial score (nSPS) is 18.0. The van der Waals surface area contributed by atoms with E-state index in [0.29, 0.717) is 36.5 Å². The molecule has 4 rings (SSSR count). The minimum absolute atomic E-state index is 0.147. The van der Waals surface area contributed by atoms with Crippen LogP contribution in [0, 0.1) is 5.92 Å². The molecule has 33 heavy (non-hydrogen) atoms. The summed E-state index contributed by atoms with van der Waals surface area (Å²) in [6.45, 7) is 5.43. The number of nitrogens with zero attached hydrogens (tertiary/aromatic N) is 3. The Labute approximate surface area is 198 Å². The summed E-state index contributed by atoms with van der Waals surface area (Å²) in [5.74, 6) is -0.109. The van der Waals surface area contributed by atoms with Crippen LogP contribution in [0.4, 0.5) is 0 Å². The zero-order valence-electron chi connectivity index (χ0n) is 19.2. The summed E-state index contributed by atoms with van der Waals surface area (Å²) in [7, 11) is -2.15. The molecule has 176 valence electrons. The lowest BCUT2D eigenvalue weighted by Gasteiger charge is -2.30. The van der Waals surface area contributed by atoms with Crippen molar-refractivity contribution >= 4 is 37.5 Å². The number of carbonyl (C=O) groups excluding carboxylic acids is 1. The van der Waals surface area contributed by atoms with E-state index in [-0.39, 0.29) is 17.3 Å². The maximum atomic E-state index is 13.1. The molecule has 1 aromatic heterocycles. The predicted octanol–water partition coefficient (Wildman–Crippen LogP) is 3.82. The molecule has 3 aromatic rings. The molecule has 9 heteroatoms. The number of carbonyl (C=O) groups is 1. The fourth-order valence-electron chi connectivity index (χ4n) is 4.31. The molecule has 2 heterocycles. The number of fused-ring (bicyclic) bond motifs is 1. The highest BCUT2D eigenvalue weighted by molar-refractivity contribution is 7.89. The van der Waals surface area contributed by atoms with Gasteiger partial charge in [-0.05, 0) is 62.1 Å². The van der Waals surface area contributed by atoms with Crippen molar-refractivity contribution in [3.8, 4) is 5.75 Å². The van der Waals surface area contributed by atoms with Crippen LogP contribution < -0.4 is 9.54 Å². The fraction of sp³-hybridized carbons (Fsp3) is 0.417. The van der Waals surface area contributed by atoms with Crippen LogP contribution in [0.5, 0.6) is 5.75 Å². The number of thiazole rings is 1. The minimum Gasteiger partial charge on any atom is -0.497 e. The zero-order chi connectivity index (χ0) is 23.6. The van der Waals surface area contributed by atoms with Crippen molar-refractivity contribution in [1.82, 2.24) is 8.87 Å². The van der Waals surface area contributed by atoms with Crippen LogP contribution in [0.15, 0.2) is 52.4 Å². The molecule has 1 atom stereocenters. The number of aromatic nitrogens is 1. The summed E-state index contributed by atoms with van der Waals surface area (Å²) in [5, 5.41) is 0. The van der Waals surface area contributed by atoms with E-state index in [4.69, 9.17) is 4.74 Å². The molecule has 1 fully saturated rings. The third kappa shape index (κ3) is 4.62. The molecule has 1 amide bonds. The fourth-order valence-corrected chi connectivity index (χ4v) is 6.98. The van der Waals surface area contributed by atoms with Crippen molar-refractivity contribution in [2.45, 2.75) is 44.6 Å². The van der Waals surface area contributed by atoms with Gasteiger partial charge in [-0.15, -0.1) is 0 Å². The summed E-state index contributed by atoms with van der Waals surface area (Å²) in [6.07, 6.45) is 2.16. The summed E-state index contributed by atoms with van der Waals surface area (Å²) in [4.78, 5) is 18.5. The molecule has 0 radical (unpaired) electrons. The molecule has 7 nitrogen and oxygen atoms in total. The van der Waals surface area contributed by atoms with E-state index in [9.17, 15) is 13.2 Å². The highest BCUT2D eigenvalue weighted by Gasteiger charge is 2.33. The smallest absolute Gasteiger partial charge is 0.252 e. The van der Waals surface area contributed by atoms with Gasteiger partial charge in [-0.3, -0.25) is 4.79 Å². The Bertz CT molecular complexity index is 1320. The number of rotatable bonds is 6. The van der Waals surface area contributed by atoms with E-state index in [1.165, 1.54) is 40.4 Å². The highest BCUT2D eigenvalue weighted by atomic mass is 32.2. The van der Waals surface area contributed by atoms with E-state index in [1.807, 2.05) is 13.0 Å². The van der Waals surface area contributed by atoms with Gasteiger partial charge in [-0.1, -0.05) is 30.4 Å². The number of piperidine rings is 1. The Morgan fingerprint density at radius 1 is 1.18 bits per heavy atom. The molecule has 0 aliphatic carbocycles. The number of methoxy groups -OCH3 is 1. The first kappa shape index (κ1) is 23.7. The summed E-state index contributed by atoms with van der Waals surface area (Å²) in [5.41, 5.74) is 2.36. The Balaban J connectivity index is 1.61. The van der Waals surface area contributed by atoms with Gasteiger partial charge in [0.2, 0.25) is 10.0 Å². The number of aryl methyl sites for hydroxylation is 2. The standard InChI is InChI=1S/C24H29N3O4S2/c1-4-17-8-6-10-21-22(17)27(5-2)24(32-21)25-23(28)18-9-7-15-26(16-18)33(29,30)20-13-11-19(31-3)12-14-20/h6,8,10-14,18H,4-5,7,9,15-16H2,1-3H3. The first-order valence-corrected chi connectivity index (χ1v) is 13.5. The Kier molecular flexibility index (Phi) is 7.02. The number of benzene rings is 2. The molecule has 0 saturated carbocycles. The monoisotopic (exact) mass is 487 g/mol. The molecule has 1 aliphatic heterocycles. The van der Waals surface area contributed by atoms with Gasteiger partial charge in [-0.2, -0.15) is 9.30 Å². The summed E-state index contributed by atoms with van der Waals surface area (Å²) in [6, 6.07) is 12.5. The Morgan fingerprint density at radius 2 is 1.94 bits per heavy atom. The van der Waals surface area contributed by atoms with Gasteiger partial charge in [0.05, 0.1) is 28.1 Å². The van der Waals surface area contributed by atoms with Crippen LogP contribution in [0.1, 0.15) is 32.3 Å². The van der Waals surface area contributed by atoms with Crippen molar-refractivity contribution in [1.29, 1.82) is 0 Å². The first-order chi connectivity index (χ1) is 15.9. The highest BCUT2D eigenvalue weighted by Crippen LogP contribution is 2.26. The van der Waals surface area contributed by atoms with Crippen LogP contribution >= 0.6 is 11.3 Å². The largest absolute Gasteiger partial charge is 0.497 e. The summed E-state index contributed by atoms with van der Waals surface area (Å²) < 4.78 is 36.0. The quantitative estimate of drug-likeness (QED) is 0.529.